The lowest BCUT2D eigenvalue weighted by Gasteiger charge is -2.22. The van der Waals surface area contributed by atoms with Crippen LogP contribution in [0.2, 0.25) is 5.02 Å². The van der Waals surface area contributed by atoms with Crippen molar-refractivity contribution in [3.8, 4) is 11.5 Å². The summed E-state index contributed by atoms with van der Waals surface area (Å²) in [5, 5.41) is 7.23. The highest BCUT2D eigenvalue weighted by Gasteiger charge is 2.26. The molecule has 0 saturated heterocycles. The monoisotopic (exact) mass is 489 g/mol. The zero-order chi connectivity index (χ0) is 24.4. The average molecular weight is 490 g/mol. The fourth-order valence-corrected chi connectivity index (χ4v) is 4.41. The standard InChI is InChI=1S/C27H24ClN3O4/c1-16(17-10-11-24-25(13-17)35-15-34-24)30-27(33)23(31-26(32)20-7-2-4-8-21(20)28)12-18-14-29-22-9-5-3-6-19(18)22/h2-11,13-14,16,23,29H,12,15H2,1H3,(H,30,33)(H,31,32). The maximum Gasteiger partial charge on any atom is 0.253 e. The third-order valence-corrected chi connectivity index (χ3v) is 6.42. The van der Waals surface area contributed by atoms with Crippen LogP contribution in [0.5, 0.6) is 11.5 Å². The van der Waals surface area contributed by atoms with Crippen LogP contribution >= 0.6 is 11.6 Å². The minimum absolute atomic E-state index is 0.181. The Labute approximate surface area is 207 Å². The van der Waals surface area contributed by atoms with E-state index in [-0.39, 0.29) is 18.7 Å². The molecule has 0 spiro atoms. The van der Waals surface area contributed by atoms with Crippen molar-refractivity contribution in [1.29, 1.82) is 0 Å². The number of aromatic nitrogens is 1. The largest absolute Gasteiger partial charge is 0.454 e. The second kappa shape index (κ2) is 9.72. The van der Waals surface area contributed by atoms with Crippen LogP contribution in [0.3, 0.4) is 0 Å². The highest BCUT2D eigenvalue weighted by Crippen LogP contribution is 2.34. The van der Waals surface area contributed by atoms with Gasteiger partial charge in [0.15, 0.2) is 11.5 Å². The predicted octanol–water partition coefficient (Wildman–Crippen LogP) is 4.77. The summed E-state index contributed by atoms with van der Waals surface area (Å²) in [6.07, 6.45) is 2.17. The number of nitrogens with one attached hydrogen (secondary N) is 3. The van der Waals surface area contributed by atoms with Crippen LogP contribution in [0, 0.1) is 0 Å². The molecule has 4 aromatic rings. The maximum atomic E-state index is 13.4. The molecule has 178 valence electrons. The Balaban J connectivity index is 1.38. The van der Waals surface area contributed by atoms with E-state index in [1.54, 1.807) is 24.3 Å². The second-order valence-electron chi connectivity index (χ2n) is 8.41. The molecule has 0 aliphatic carbocycles. The molecule has 2 unspecified atom stereocenters. The summed E-state index contributed by atoms with van der Waals surface area (Å²) >= 11 is 6.23. The number of amides is 2. The first-order valence-corrected chi connectivity index (χ1v) is 11.7. The van der Waals surface area contributed by atoms with Gasteiger partial charge in [-0.15, -0.1) is 0 Å². The predicted molar refractivity (Wildman–Crippen MR) is 134 cm³/mol. The van der Waals surface area contributed by atoms with E-state index in [0.717, 1.165) is 22.0 Å². The molecule has 0 fully saturated rings. The summed E-state index contributed by atoms with van der Waals surface area (Å²) in [5.41, 5.74) is 3.07. The van der Waals surface area contributed by atoms with Gasteiger partial charge >= 0.3 is 0 Å². The zero-order valence-corrected chi connectivity index (χ0v) is 19.8. The van der Waals surface area contributed by atoms with Crippen LogP contribution in [0.4, 0.5) is 0 Å². The van der Waals surface area contributed by atoms with Gasteiger partial charge in [0.05, 0.1) is 16.6 Å². The van der Waals surface area contributed by atoms with Gasteiger partial charge in [0, 0.05) is 23.5 Å². The van der Waals surface area contributed by atoms with Crippen molar-refractivity contribution in [3.63, 3.8) is 0 Å². The number of rotatable bonds is 7. The van der Waals surface area contributed by atoms with Crippen molar-refractivity contribution in [2.75, 3.05) is 6.79 Å². The molecule has 2 heterocycles. The van der Waals surface area contributed by atoms with Crippen LogP contribution in [-0.2, 0) is 11.2 Å². The molecule has 0 bridgehead atoms. The third kappa shape index (κ3) is 4.81. The number of benzene rings is 3. The first-order valence-electron chi connectivity index (χ1n) is 11.3. The number of fused-ring (bicyclic) bond motifs is 2. The van der Waals surface area contributed by atoms with Crippen LogP contribution in [0.1, 0.15) is 34.5 Å². The molecular formula is C27H24ClN3O4. The van der Waals surface area contributed by atoms with Gasteiger partial charge < -0.3 is 25.1 Å². The molecule has 3 N–H and O–H groups in total. The van der Waals surface area contributed by atoms with Gasteiger partial charge in [-0.3, -0.25) is 9.59 Å². The number of hydrogen-bond donors (Lipinski definition) is 3. The zero-order valence-electron chi connectivity index (χ0n) is 19.0. The van der Waals surface area contributed by atoms with Crippen LogP contribution in [0.25, 0.3) is 10.9 Å². The van der Waals surface area contributed by atoms with Crippen molar-refractivity contribution in [2.45, 2.75) is 25.4 Å². The molecule has 1 aromatic heterocycles. The Morgan fingerprint density at radius 2 is 1.77 bits per heavy atom. The van der Waals surface area contributed by atoms with E-state index >= 15 is 0 Å². The highest BCUT2D eigenvalue weighted by atomic mass is 35.5. The number of halogens is 1. The lowest BCUT2D eigenvalue weighted by molar-refractivity contribution is -0.123. The molecule has 0 saturated carbocycles. The third-order valence-electron chi connectivity index (χ3n) is 6.09. The summed E-state index contributed by atoms with van der Waals surface area (Å²) in [6.45, 7) is 2.06. The first kappa shape index (κ1) is 22.8. The van der Waals surface area contributed by atoms with Crippen LogP contribution < -0.4 is 20.1 Å². The van der Waals surface area contributed by atoms with Crippen molar-refractivity contribution < 1.29 is 19.1 Å². The summed E-state index contributed by atoms with van der Waals surface area (Å²) < 4.78 is 10.8. The number of hydrogen-bond acceptors (Lipinski definition) is 4. The quantitative estimate of drug-likeness (QED) is 0.348. The number of para-hydroxylation sites is 1. The molecule has 5 rings (SSSR count). The molecular weight excluding hydrogens is 466 g/mol. The minimum Gasteiger partial charge on any atom is -0.454 e. The number of H-pyrrole nitrogens is 1. The second-order valence-corrected chi connectivity index (χ2v) is 8.82. The van der Waals surface area contributed by atoms with Crippen LogP contribution in [0.15, 0.2) is 72.9 Å². The van der Waals surface area contributed by atoms with Crippen molar-refractivity contribution >= 4 is 34.3 Å². The fourth-order valence-electron chi connectivity index (χ4n) is 4.19. The molecule has 7 nitrogen and oxygen atoms in total. The van der Waals surface area contributed by atoms with Gasteiger partial charge in [-0.1, -0.05) is 48.0 Å². The van der Waals surface area contributed by atoms with E-state index in [1.165, 1.54) is 0 Å². The normalized spacial score (nSPS) is 13.9. The number of ether oxygens (including phenoxy) is 2. The molecule has 2 atom stereocenters. The van der Waals surface area contributed by atoms with Crippen molar-refractivity contribution in [2.24, 2.45) is 0 Å². The Bertz CT molecular complexity index is 1400. The van der Waals surface area contributed by atoms with E-state index in [0.29, 0.717) is 28.5 Å². The van der Waals surface area contributed by atoms with Gasteiger partial charge in [0.1, 0.15) is 6.04 Å². The highest BCUT2D eigenvalue weighted by molar-refractivity contribution is 6.33. The molecule has 3 aromatic carbocycles. The number of carbonyl (C=O) groups is 2. The van der Waals surface area contributed by atoms with Gasteiger partial charge in [0.25, 0.3) is 5.91 Å². The van der Waals surface area contributed by atoms with Crippen molar-refractivity contribution in [3.05, 3.63) is 94.6 Å². The van der Waals surface area contributed by atoms with Gasteiger partial charge in [-0.2, -0.15) is 0 Å². The maximum absolute atomic E-state index is 13.4. The summed E-state index contributed by atoms with van der Waals surface area (Å²) in [5.74, 6) is 0.606. The number of carbonyl (C=O) groups excluding carboxylic acids is 2. The first-order chi connectivity index (χ1) is 17.0. The average Bonchev–Trinajstić information content (AvgIpc) is 3.50. The molecule has 2 amide bonds. The summed E-state index contributed by atoms with van der Waals surface area (Å²) in [4.78, 5) is 29.7. The minimum atomic E-state index is -0.825. The van der Waals surface area contributed by atoms with E-state index < -0.39 is 11.9 Å². The van der Waals surface area contributed by atoms with Crippen LogP contribution in [-0.4, -0.2) is 29.6 Å². The topological polar surface area (TPSA) is 92.5 Å². The van der Waals surface area contributed by atoms with E-state index in [4.69, 9.17) is 21.1 Å². The molecule has 1 aliphatic rings. The van der Waals surface area contributed by atoms with Gasteiger partial charge in [0.2, 0.25) is 12.7 Å². The summed E-state index contributed by atoms with van der Waals surface area (Å²) in [7, 11) is 0. The van der Waals surface area contributed by atoms with E-state index in [1.807, 2.05) is 55.6 Å². The Hall–Kier alpha value is -3.97. The lowest BCUT2D eigenvalue weighted by Crippen LogP contribution is -2.48. The van der Waals surface area contributed by atoms with Crippen molar-refractivity contribution in [1.82, 2.24) is 15.6 Å². The molecule has 8 heteroatoms. The van der Waals surface area contributed by atoms with E-state index in [9.17, 15) is 9.59 Å². The Kier molecular flexibility index (Phi) is 6.33. The molecule has 0 radical (unpaired) electrons. The summed E-state index contributed by atoms with van der Waals surface area (Å²) in [6, 6.07) is 19.0. The molecule has 35 heavy (non-hydrogen) atoms. The van der Waals surface area contributed by atoms with E-state index in [2.05, 4.69) is 15.6 Å². The number of aromatic amines is 1. The Morgan fingerprint density at radius 1 is 1.00 bits per heavy atom. The Morgan fingerprint density at radius 3 is 2.63 bits per heavy atom. The fraction of sp³-hybridized carbons (Fsp3) is 0.185. The SMILES string of the molecule is CC(NC(=O)C(Cc1c[nH]c2ccccc12)NC(=O)c1ccccc1Cl)c1ccc2c(c1)OCO2. The smallest absolute Gasteiger partial charge is 0.253 e. The molecule has 1 aliphatic heterocycles. The van der Waals surface area contributed by atoms with Gasteiger partial charge in [-0.05, 0) is 48.4 Å². The lowest BCUT2D eigenvalue weighted by atomic mass is 10.0. The van der Waals surface area contributed by atoms with Gasteiger partial charge in [-0.25, -0.2) is 0 Å².